The number of nitrogens with zero attached hydrogens (tertiary/aromatic N) is 2. The first kappa shape index (κ1) is 25.5. The van der Waals surface area contributed by atoms with E-state index in [4.69, 9.17) is 4.74 Å². The van der Waals surface area contributed by atoms with Crippen molar-refractivity contribution in [1.29, 1.82) is 0 Å². The lowest BCUT2D eigenvalue weighted by molar-refractivity contribution is 0.0127. The molecule has 3 fully saturated rings. The van der Waals surface area contributed by atoms with Crippen LogP contribution in [0.4, 0.5) is 0 Å². The molecule has 0 saturated carbocycles. The van der Waals surface area contributed by atoms with Crippen LogP contribution in [-0.4, -0.2) is 42.2 Å². The number of aromatic nitrogens is 1. The number of para-hydroxylation sites is 1. The summed E-state index contributed by atoms with van der Waals surface area (Å²) in [4.78, 5) is 7.06. The summed E-state index contributed by atoms with van der Waals surface area (Å²) in [5.74, 6) is 1.71. The predicted molar refractivity (Wildman–Crippen MR) is 140 cm³/mol. The molecule has 6 heteroatoms. The Hall–Kier alpha value is -2.11. The zero-order valence-corrected chi connectivity index (χ0v) is 20.7. The van der Waals surface area contributed by atoms with E-state index in [1.165, 1.54) is 48.2 Å². The fraction of sp³-hybridized carbons (Fsp3) is 0.370. The molecule has 0 aliphatic carbocycles. The molecule has 3 saturated heterocycles. The van der Waals surface area contributed by atoms with E-state index in [0.717, 1.165) is 24.6 Å². The minimum absolute atomic E-state index is 0. The van der Waals surface area contributed by atoms with Gasteiger partial charge in [0.05, 0.1) is 7.11 Å². The number of nitrogens with one attached hydrogen (secondary N) is 1. The number of hydrogen-bond donors (Lipinski definition) is 1. The summed E-state index contributed by atoms with van der Waals surface area (Å²) in [6.07, 6.45) is 7.47. The Morgan fingerprint density at radius 2 is 1.67 bits per heavy atom. The first-order valence-electron chi connectivity index (χ1n) is 11.4. The van der Waals surface area contributed by atoms with Gasteiger partial charge in [0.25, 0.3) is 0 Å². The molecule has 2 aromatic carbocycles. The first-order chi connectivity index (χ1) is 15.3. The number of hydrogen-bond acceptors (Lipinski definition) is 4. The van der Waals surface area contributed by atoms with Crippen LogP contribution < -0.4 is 10.1 Å². The normalized spacial score (nSPS) is 23.3. The lowest BCUT2D eigenvalue weighted by Gasteiger charge is -2.51. The monoisotopic (exact) mass is 485 g/mol. The van der Waals surface area contributed by atoms with Gasteiger partial charge < -0.3 is 10.1 Å². The number of rotatable bonds is 7. The van der Waals surface area contributed by atoms with Crippen molar-refractivity contribution in [2.45, 2.75) is 37.9 Å². The van der Waals surface area contributed by atoms with E-state index < -0.39 is 0 Å². The van der Waals surface area contributed by atoms with Crippen molar-refractivity contribution in [3.8, 4) is 16.9 Å². The van der Waals surface area contributed by atoms with Gasteiger partial charge in [0.1, 0.15) is 5.75 Å². The molecule has 3 aliphatic rings. The number of methoxy groups -OCH3 is 1. The molecule has 4 heterocycles. The van der Waals surface area contributed by atoms with Gasteiger partial charge in [-0.25, -0.2) is 0 Å². The van der Waals surface area contributed by atoms with Gasteiger partial charge in [-0.2, -0.15) is 0 Å². The summed E-state index contributed by atoms with van der Waals surface area (Å²) in [6, 6.07) is 22.4. The van der Waals surface area contributed by atoms with Crippen molar-refractivity contribution in [3.05, 3.63) is 84.2 Å². The molecule has 4 nitrogen and oxygen atoms in total. The van der Waals surface area contributed by atoms with E-state index in [2.05, 4.69) is 63.7 Å². The second-order valence-electron chi connectivity index (χ2n) is 8.76. The van der Waals surface area contributed by atoms with Gasteiger partial charge in [0, 0.05) is 42.1 Å². The number of ether oxygens (including phenoxy) is 1. The third-order valence-electron chi connectivity index (χ3n) is 7.11. The van der Waals surface area contributed by atoms with Crippen LogP contribution in [0.5, 0.6) is 5.75 Å². The maximum Gasteiger partial charge on any atom is 0.123 e. The van der Waals surface area contributed by atoms with Crippen LogP contribution in [0.2, 0.25) is 0 Å². The molecule has 2 unspecified atom stereocenters. The lowest BCUT2D eigenvalue weighted by Crippen LogP contribution is -2.63. The standard InChI is InChI=1S/C27H31N3O.2ClH/c1-31-26-11-5-3-8-23(26)19-29-27-20-12-15-30(16-13-20)25(27)17-21-7-2-4-10-24(21)22-9-6-14-28-18-22;;/h2-11,14,18,20,25,27,29H,12-13,15-17,19H2,1H3;2*1H. The van der Waals surface area contributed by atoms with Crippen LogP contribution >= 0.6 is 24.8 Å². The average Bonchev–Trinajstić information content (AvgIpc) is 2.85. The Labute approximate surface area is 209 Å². The fourth-order valence-electron chi connectivity index (χ4n) is 5.51. The van der Waals surface area contributed by atoms with Crippen molar-refractivity contribution in [2.75, 3.05) is 20.2 Å². The Kier molecular flexibility index (Phi) is 9.16. The largest absolute Gasteiger partial charge is 0.496 e. The van der Waals surface area contributed by atoms with Gasteiger partial charge in [-0.05, 0) is 61.5 Å². The molecule has 0 amide bonds. The maximum atomic E-state index is 5.58. The van der Waals surface area contributed by atoms with Crippen LogP contribution in [0.3, 0.4) is 0 Å². The average molecular weight is 486 g/mol. The predicted octanol–water partition coefficient (Wildman–Crippen LogP) is 5.40. The van der Waals surface area contributed by atoms with Gasteiger partial charge in [-0.15, -0.1) is 24.8 Å². The van der Waals surface area contributed by atoms with Crippen molar-refractivity contribution in [1.82, 2.24) is 15.2 Å². The minimum Gasteiger partial charge on any atom is -0.496 e. The van der Waals surface area contributed by atoms with Gasteiger partial charge in [-0.1, -0.05) is 48.5 Å². The van der Waals surface area contributed by atoms with Crippen molar-refractivity contribution < 1.29 is 4.74 Å². The summed E-state index contributed by atoms with van der Waals surface area (Å²) in [7, 11) is 1.76. The van der Waals surface area contributed by atoms with E-state index in [1.54, 1.807) is 7.11 Å². The first-order valence-corrected chi connectivity index (χ1v) is 11.4. The maximum absolute atomic E-state index is 5.58. The van der Waals surface area contributed by atoms with Gasteiger partial charge in [-0.3, -0.25) is 9.88 Å². The topological polar surface area (TPSA) is 37.4 Å². The van der Waals surface area contributed by atoms with E-state index in [9.17, 15) is 0 Å². The molecule has 1 N–H and O–H groups in total. The summed E-state index contributed by atoms with van der Waals surface area (Å²) in [6.45, 7) is 3.29. The fourth-order valence-corrected chi connectivity index (χ4v) is 5.51. The minimum atomic E-state index is 0. The van der Waals surface area contributed by atoms with Crippen LogP contribution in [0.15, 0.2) is 73.1 Å². The highest BCUT2D eigenvalue weighted by atomic mass is 35.5. The molecule has 2 bridgehead atoms. The summed E-state index contributed by atoms with van der Waals surface area (Å²) in [5.41, 5.74) is 5.16. The van der Waals surface area contributed by atoms with Gasteiger partial charge in [0.2, 0.25) is 0 Å². The van der Waals surface area contributed by atoms with Crippen LogP contribution in [0.25, 0.3) is 11.1 Å². The van der Waals surface area contributed by atoms with Crippen molar-refractivity contribution in [3.63, 3.8) is 0 Å². The number of halogens is 2. The van der Waals surface area contributed by atoms with Crippen LogP contribution in [0.1, 0.15) is 24.0 Å². The Balaban J connectivity index is 0.00000153. The molecule has 0 radical (unpaired) electrons. The zero-order valence-electron chi connectivity index (χ0n) is 19.0. The van der Waals surface area contributed by atoms with E-state index >= 15 is 0 Å². The number of benzene rings is 2. The Morgan fingerprint density at radius 3 is 2.39 bits per heavy atom. The Morgan fingerprint density at radius 1 is 0.939 bits per heavy atom. The molecule has 6 rings (SSSR count). The second kappa shape index (κ2) is 11.8. The lowest BCUT2D eigenvalue weighted by atomic mass is 9.76. The Bertz CT molecular complexity index is 1010. The van der Waals surface area contributed by atoms with Crippen molar-refractivity contribution in [2.24, 2.45) is 5.92 Å². The molecule has 3 aromatic rings. The highest BCUT2D eigenvalue weighted by Crippen LogP contribution is 2.36. The van der Waals surface area contributed by atoms with Gasteiger partial charge in [0.15, 0.2) is 0 Å². The number of fused-ring (bicyclic) bond motifs is 3. The smallest absolute Gasteiger partial charge is 0.123 e. The molecular weight excluding hydrogens is 453 g/mol. The highest BCUT2D eigenvalue weighted by Gasteiger charge is 2.42. The number of piperidine rings is 3. The SMILES string of the molecule is COc1ccccc1CNC1C2CCN(CC2)C1Cc1ccccc1-c1cccnc1.Cl.Cl. The van der Waals surface area contributed by atoms with Crippen molar-refractivity contribution >= 4 is 24.8 Å². The quantitative estimate of drug-likeness (QED) is 0.486. The number of pyridine rings is 1. The highest BCUT2D eigenvalue weighted by molar-refractivity contribution is 5.85. The van der Waals surface area contributed by atoms with Crippen LogP contribution in [0, 0.1) is 5.92 Å². The second-order valence-corrected chi connectivity index (χ2v) is 8.76. The molecule has 33 heavy (non-hydrogen) atoms. The van der Waals surface area contributed by atoms with Crippen LogP contribution in [-0.2, 0) is 13.0 Å². The molecule has 1 aromatic heterocycles. The molecule has 176 valence electrons. The van der Waals surface area contributed by atoms with E-state index in [0.29, 0.717) is 12.1 Å². The molecule has 0 spiro atoms. The third kappa shape index (κ3) is 5.52. The van der Waals surface area contributed by atoms with E-state index in [-0.39, 0.29) is 24.8 Å². The molecular formula is C27H33Cl2N3O. The molecule has 2 atom stereocenters. The summed E-state index contributed by atoms with van der Waals surface area (Å²) >= 11 is 0. The summed E-state index contributed by atoms with van der Waals surface area (Å²) < 4.78 is 5.58. The molecule has 3 aliphatic heterocycles. The third-order valence-corrected chi connectivity index (χ3v) is 7.11. The zero-order chi connectivity index (χ0) is 21.0. The summed E-state index contributed by atoms with van der Waals surface area (Å²) in [5, 5.41) is 3.94. The van der Waals surface area contributed by atoms with E-state index in [1.807, 2.05) is 24.5 Å². The van der Waals surface area contributed by atoms with Gasteiger partial charge >= 0.3 is 0 Å².